The van der Waals surface area contributed by atoms with Crippen LogP contribution in [0.15, 0.2) is 12.3 Å². The van der Waals surface area contributed by atoms with E-state index in [0.29, 0.717) is 19.8 Å². The topological polar surface area (TPSA) is 94.8 Å². The predicted octanol–water partition coefficient (Wildman–Crippen LogP) is 3.81. The lowest BCUT2D eigenvalue weighted by Gasteiger charge is -2.31. The summed E-state index contributed by atoms with van der Waals surface area (Å²) in [6.07, 6.45) is 2.14. The molecule has 0 spiro atoms. The number of ether oxygens (including phenoxy) is 2. The number of carbonyl (C=O) groups is 1. The fourth-order valence-electron chi connectivity index (χ4n) is 2.54. The molecule has 1 aliphatic rings. The fourth-order valence-corrected chi connectivity index (χ4v) is 2.69. The van der Waals surface area contributed by atoms with Gasteiger partial charge in [0.2, 0.25) is 0 Å². The summed E-state index contributed by atoms with van der Waals surface area (Å²) in [4.78, 5) is 28.7. The van der Waals surface area contributed by atoms with Crippen LogP contribution in [0.5, 0.6) is 0 Å². The molecule has 0 aliphatic carbocycles. The van der Waals surface area contributed by atoms with Crippen molar-refractivity contribution in [1.29, 1.82) is 0 Å². The molecule has 1 saturated heterocycles. The van der Waals surface area contributed by atoms with Gasteiger partial charge in [-0.15, -0.1) is 0 Å². The summed E-state index contributed by atoms with van der Waals surface area (Å²) < 4.78 is 10.8. The first-order valence-corrected chi connectivity index (χ1v) is 8.43. The summed E-state index contributed by atoms with van der Waals surface area (Å²) in [6, 6.07) is 1.14. The molecule has 1 fully saturated rings. The molecule has 2 heterocycles. The second-order valence-corrected chi connectivity index (χ2v) is 7.29. The van der Waals surface area contributed by atoms with Crippen molar-refractivity contribution in [2.24, 2.45) is 5.92 Å². The highest BCUT2D eigenvalue weighted by molar-refractivity contribution is 6.29. The average molecular weight is 372 g/mol. The van der Waals surface area contributed by atoms with Crippen molar-refractivity contribution in [2.75, 3.05) is 24.7 Å². The number of anilines is 1. The summed E-state index contributed by atoms with van der Waals surface area (Å²) in [7, 11) is 0. The number of nitrogens with zero attached hydrogens (tertiary/aromatic N) is 3. The largest absolute Gasteiger partial charge is 0.443 e. The van der Waals surface area contributed by atoms with Crippen molar-refractivity contribution in [2.45, 2.75) is 39.2 Å². The van der Waals surface area contributed by atoms with E-state index in [-0.39, 0.29) is 22.4 Å². The van der Waals surface area contributed by atoms with Crippen molar-refractivity contribution in [3.63, 3.8) is 0 Å². The molecule has 1 aliphatic heterocycles. The number of pyridine rings is 1. The Morgan fingerprint density at radius 3 is 2.68 bits per heavy atom. The van der Waals surface area contributed by atoms with Gasteiger partial charge in [-0.25, -0.2) is 9.78 Å². The number of nitro groups is 1. The molecule has 8 nitrogen and oxygen atoms in total. The zero-order chi connectivity index (χ0) is 18.6. The van der Waals surface area contributed by atoms with Gasteiger partial charge in [0.25, 0.3) is 5.69 Å². The van der Waals surface area contributed by atoms with E-state index in [1.807, 2.05) is 0 Å². The highest BCUT2D eigenvalue weighted by atomic mass is 35.5. The average Bonchev–Trinajstić information content (AvgIpc) is 2.52. The Balaban J connectivity index is 2.36. The van der Waals surface area contributed by atoms with E-state index >= 15 is 0 Å². The molecule has 0 saturated carbocycles. The Kier molecular flexibility index (Phi) is 6.18. The molecular weight excluding hydrogens is 350 g/mol. The third kappa shape index (κ3) is 5.54. The van der Waals surface area contributed by atoms with Crippen LogP contribution in [0.3, 0.4) is 0 Å². The van der Waals surface area contributed by atoms with E-state index in [0.717, 1.165) is 18.9 Å². The molecule has 0 atom stereocenters. The molecule has 25 heavy (non-hydrogen) atoms. The van der Waals surface area contributed by atoms with Gasteiger partial charge < -0.3 is 9.47 Å². The number of hydrogen-bond acceptors (Lipinski definition) is 6. The van der Waals surface area contributed by atoms with Crippen LogP contribution in [0.1, 0.15) is 33.6 Å². The van der Waals surface area contributed by atoms with Crippen LogP contribution in [-0.4, -0.2) is 41.4 Å². The van der Waals surface area contributed by atoms with Crippen LogP contribution in [-0.2, 0) is 9.47 Å². The van der Waals surface area contributed by atoms with Crippen molar-refractivity contribution in [1.82, 2.24) is 4.98 Å². The molecule has 1 aromatic heterocycles. The second-order valence-electron chi connectivity index (χ2n) is 6.90. The van der Waals surface area contributed by atoms with Crippen molar-refractivity contribution < 1.29 is 19.2 Å². The number of amides is 1. The molecule has 9 heteroatoms. The highest BCUT2D eigenvalue weighted by Gasteiger charge is 2.31. The summed E-state index contributed by atoms with van der Waals surface area (Å²) >= 11 is 5.78. The third-order valence-corrected chi connectivity index (χ3v) is 3.92. The Labute approximate surface area is 151 Å². The number of rotatable bonds is 4. The van der Waals surface area contributed by atoms with Crippen LogP contribution in [0.4, 0.5) is 16.2 Å². The van der Waals surface area contributed by atoms with Gasteiger partial charge in [-0.3, -0.25) is 15.0 Å². The Morgan fingerprint density at radius 1 is 1.48 bits per heavy atom. The van der Waals surface area contributed by atoms with Gasteiger partial charge in [-0.05, 0) is 39.5 Å². The van der Waals surface area contributed by atoms with E-state index in [4.69, 9.17) is 21.1 Å². The van der Waals surface area contributed by atoms with Crippen LogP contribution < -0.4 is 4.90 Å². The van der Waals surface area contributed by atoms with Gasteiger partial charge >= 0.3 is 6.09 Å². The zero-order valence-electron chi connectivity index (χ0n) is 14.5. The van der Waals surface area contributed by atoms with Crippen LogP contribution >= 0.6 is 11.6 Å². The molecule has 1 aromatic rings. The van der Waals surface area contributed by atoms with E-state index in [1.54, 1.807) is 20.8 Å². The van der Waals surface area contributed by atoms with Crippen LogP contribution in [0, 0.1) is 16.0 Å². The monoisotopic (exact) mass is 371 g/mol. The summed E-state index contributed by atoms with van der Waals surface area (Å²) in [6.45, 7) is 6.73. The number of carbonyl (C=O) groups excluding carboxylic acids is 1. The van der Waals surface area contributed by atoms with Gasteiger partial charge in [-0.1, -0.05) is 11.6 Å². The van der Waals surface area contributed by atoms with Crippen molar-refractivity contribution in [3.05, 3.63) is 27.5 Å². The minimum atomic E-state index is -0.723. The maximum atomic E-state index is 12.7. The minimum absolute atomic E-state index is 0.00865. The quantitative estimate of drug-likeness (QED) is 0.453. The maximum absolute atomic E-state index is 12.7. The van der Waals surface area contributed by atoms with Gasteiger partial charge in [-0.2, -0.15) is 0 Å². The van der Waals surface area contributed by atoms with Crippen molar-refractivity contribution in [3.8, 4) is 0 Å². The highest BCUT2D eigenvalue weighted by Crippen LogP contribution is 2.32. The first-order valence-electron chi connectivity index (χ1n) is 8.05. The molecular formula is C16H22ClN3O5. The summed E-state index contributed by atoms with van der Waals surface area (Å²) in [5.41, 5.74) is -0.923. The molecule has 0 radical (unpaired) electrons. The lowest BCUT2D eigenvalue weighted by molar-refractivity contribution is -0.384. The van der Waals surface area contributed by atoms with E-state index in [9.17, 15) is 14.9 Å². The number of halogens is 1. The molecule has 0 unspecified atom stereocenters. The van der Waals surface area contributed by atoms with Gasteiger partial charge in [0.1, 0.15) is 16.4 Å². The molecule has 138 valence electrons. The summed E-state index contributed by atoms with van der Waals surface area (Å²) in [5.74, 6) is 0.163. The molecule has 0 N–H and O–H groups in total. The first-order chi connectivity index (χ1) is 11.7. The Hall–Kier alpha value is -1.93. The van der Waals surface area contributed by atoms with E-state index in [2.05, 4.69) is 4.98 Å². The minimum Gasteiger partial charge on any atom is -0.443 e. The zero-order valence-corrected chi connectivity index (χ0v) is 15.3. The van der Waals surface area contributed by atoms with E-state index < -0.39 is 16.6 Å². The normalized spacial score (nSPS) is 15.7. The third-order valence-electron chi connectivity index (χ3n) is 3.71. The summed E-state index contributed by atoms with van der Waals surface area (Å²) in [5, 5.41) is 11.4. The maximum Gasteiger partial charge on any atom is 0.415 e. The lowest BCUT2D eigenvalue weighted by Crippen LogP contribution is -2.41. The smallest absolute Gasteiger partial charge is 0.415 e. The molecule has 0 aromatic carbocycles. The van der Waals surface area contributed by atoms with Crippen LogP contribution in [0.2, 0.25) is 5.15 Å². The number of hydrogen-bond donors (Lipinski definition) is 0. The van der Waals surface area contributed by atoms with Gasteiger partial charge in [0.05, 0.1) is 17.2 Å². The molecule has 0 bridgehead atoms. The second kappa shape index (κ2) is 7.97. The van der Waals surface area contributed by atoms with Gasteiger partial charge in [0.15, 0.2) is 0 Å². The SMILES string of the molecule is CC(C)(C)OC(=O)N(CC1CCOCC1)c1cnc(Cl)cc1[N+](=O)[O-]. The molecule has 2 rings (SSSR count). The van der Waals surface area contributed by atoms with Crippen LogP contribution in [0.25, 0.3) is 0 Å². The Morgan fingerprint density at radius 2 is 2.12 bits per heavy atom. The lowest BCUT2D eigenvalue weighted by atomic mass is 9.99. The van der Waals surface area contributed by atoms with Gasteiger partial charge in [0, 0.05) is 19.8 Å². The fraction of sp³-hybridized carbons (Fsp3) is 0.625. The Bertz CT molecular complexity index is 641. The number of aromatic nitrogens is 1. The van der Waals surface area contributed by atoms with E-state index in [1.165, 1.54) is 11.1 Å². The standard InChI is InChI=1S/C16H22ClN3O5/c1-16(2,3)25-15(21)19(10-11-4-6-24-7-5-11)13-9-18-14(17)8-12(13)20(22)23/h8-9,11H,4-7,10H2,1-3H3. The molecule has 1 amide bonds. The predicted molar refractivity (Wildman–Crippen MR) is 93.0 cm³/mol. The first kappa shape index (κ1) is 19.4. The van der Waals surface area contributed by atoms with Crippen molar-refractivity contribution >= 4 is 29.1 Å².